The Morgan fingerprint density at radius 1 is 0.333 bits per heavy atom. The number of hydrogen-bond donors (Lipinski definition) is 0. The van der Waals surface area contributed by atoms with Gasteiger partial charge in [0, 0.05) is 32.9 Å². The van der Waals surface area contributed by atoms with Gasteiger partial charge >= 0.3 is 0 Å². The Labute approximate surface area is 426 Å². The number of rotatable bonds is 11. The first-order valence-corrected chi connectivity index (χ1v) is 28.3. The predicted molar refractivity (Wildman–Crippen MR) is 309 cm³/mol. The van der Waals surface area contributed by atoms with Crippen LogP contribution in [0, 0.1) is 0 Å². The first-order valence-electron chi connectivity index (χ1n) is 26.3. The van der Waals surface area contributed by atoms with Crippen molar-refractivity contribution in [3.05, 3.63) is 259 Å². The summed E-state index contributed by atoms with van der Waals surface area (Å²) in [6.07, 6.45) is 4.19. The fourth-order valence-corrected chi connectivity index (χ4v) is 18.8. The first-order chi connectivity index (χ1) is 35.5. The summed E-state index contributed by atoms with van der Waals surface area (Å²) < 4.78 is 2.59. The topological polar surface area (TPSA) is 4.93 Å². The summed E-state index contributed by atoms with van der Waals surface area (Å²) in [6, 6.07) is 90.7. The van der Waals surface area contributed by atoms with Crippen molar-refractivity contribution in [3.63, 3.8) is 0 Å². The zero-order valence-electron chi connectivity index (χ0n) is 41.8. The highest BCUT2D eigenvalue weighted by molar-refractivity contribution is 7.19. The maximum absolute atomic E-state index is 2.75. The molecular formula is C70H59NSi. The fraction of sp³-hybridized carbons (Fsp3) is 0.143. The van der Waals surface area contributed by atoms with Gasteiger partial charge in [-0.15, -0.1) is 0 Å². The highest BCUT2D eigenvalue weighted by atomic mass is 28.3. The van der Waals surface area contributed by atoms with Crippen molar-refractivity contribution in [1.82, 2.24) is 4.57 Å². The van der Waals surface area contributed by atoms with E-state index < -0.39 is 8.07 Å². The van der Waals surface area contributed by atoms with E-state index in [1.807, 2.05) is 0 Å². The minimum atomic E-state index is -2.75. The van der Waals surface area contributed by atoms with Crippen molar-refractivity contribution in [2.24, 2.45) is 0 Å². The van der Waals surface area contributed by atoms with Crippen molar-refractivity contribution >= 4 is 50.6 Å². The smallest absolute Gasteiger partial charge is 0.179 e. The molecular weight excluding hydrogens is 883 g/mol. The van der Waals surface area contributed by atoms with Gasteiger partial charge in [-0.05, 0) is 138 Å². The summed E-state index contributed by atoms with van der Waals surface area (Å²) in [5.41, 5.74) is 19.9. The van der Waals surface area contributed by atoms with Crippen LogP contribution in [0.1, 0.15) is 75.6 Å². The molecule has 1 nitrogen and oxygen atoms in total. The van der Waals surface area contributed by atoms with Gasteiger partial charge in [-0.3, -0.25) is 0 Å². The molecule has 1 aromatic heterocycles. The Balaban J connectivity index is 1.10. The Morgan fingerprint density at radius 2 is 0.750 bits per heavy atom. The molecule has 348 valence electrons. The Hall–Kier alpha value is -7.78. The Kier molecular flexibility index (Phi) is 10.6. The highest BCUT2D eigenvalue weighted by Gasteiger charge is 2.44. The van der Waals surface area contributed by atoms with Gasteiger partial charge < -0.3 is 4.57 Å². The van der Waals surface area contributed by atoms with Gasteiger partial charge in [-0.1, -0.05) is 234 Å². The van der Waals surface area contributed by atoms with E-state index in [9.17, 15) is 0 Å². The molecule has 2 aliphatic rings. The van der Waals surface area contributed by atoms with Crippen molar-refractivity contribution in [1.29, 1.82) is 0 Å². The maximum Gasteiger partial charge on any atom is 0.179 e. The van der Waals surface area contributed by atoms with E-state index in [1.165, 1.54) is 109 Å². The molecule has 0 saturated carbocycles. The second-order valence-corrected chi connectivity index (χ2v) is 24.1. The van der Waals surface area contributed by atoms with Gasteiger partial charge in [0.2, 0.25) is 0 Å². The van der Waals surface area contributed by atoms with Gasteiger partial charge in [0.15, 0.2) is 8.07 Å². The lowest BCUT2D eigenvalue weighted by molar-refractivity contribution is 0.490. The largest absolute Gasteiger partial charge is 0.309 e. The monoisotopic (exact) mass is 941 g/mol. The average molecular weight is 942 g/mol. The Bertz CT molecular complexity index is 3740. The molecule has 0 aliphatic heterocycles. The van der Waals surface area contributed by atoms with Gasteiger partial charge in [0.05, 0.1) is 11.0 Å². The molecule has 0 fully saturated rings. The third kappa shape index (κ3) is 6.18. The number of fused-ring (bicyclic) bond motifs is 9. The summed E-state index contributed by atoms with van der Waals surface area (Å²) in [6.45, 7) is 9.53. The van der Waals surface area contributed by atoms with E-state index in [1.54, 1.807) is 0 Å². The molecule has 0 bridgehead atoms. The lowest BCUT2D eigenvalue weighted by Crippen LogP contribution is -2.74. The fourth-order valence-electron chi connectivity index (χ4n) is 14.0. The first kappa shape index (κ1) is 44.2. The molecule has 1 heterocycles. The van der Waals surface area contributed by atoms with Crippen LogP contribution in [0.2, 0.25) is 0 Å². The molecule has 72 heavy (non-hydrogen) atoms. The average Bonchev–Trinajstić information content (AvgIpc) is 4.05. The summed E-state index contributed by atoms with van der Waals surface area (Å²) in [5.74, 6) is 0. The van der Waals surface area contributed by atoms with Gasteiger partial charge in [0.25, 0.3) is 0 Å². The molecule has 2 aliphatic carbocycles. The van der Waals surface area contributed by atoms with Crippen LogP contribution >= 0.6 is 0 Å². The standard InChI is InChI=1S/C70H59NSi/c1-5-69(6-2)62-33-21-18-30-56(62)58-42-36-48(46-64(58)69)55-44-45-61-60-32-20-23-35-66(60)71(68(61)67(55)49-37-43-59-57-31-19-22-34-63(57)70(7-3,8-4)65(59)47-49)50-38-40-54(41-39-50)72(51-24-12-9-13-25-51,52-26-14-10-15-27-52)53-28-16-11-17-29-53/h9-47H,5-8H2,1-4H3. The van der Waals surface area contributed by atoms with Crippen molar-refractivity contribution in [2.45, 2.75) is 64.2 Å². The SMILES string of the molecule is CCC1(CC)c2ccccc2-c2ccc(-c3ccc4c5ccccc5n(-c5ccc([Si](c6ccccc6)(c6ccccc6)c6ccccc6)cc5)c4c3-c3ccc4c(c3)C(CC)(CC)c3ccccc3-4)cc21. The molecule has 0 atom stereocenters. The number of benzene rings is 10. The number of para-hydroxylation sites is 1. The summed E-state index contributed by atoms with van der Waals surface area (Å²) in [4.78, 5) is 0. The lowest BCUT2D eigenvalue weighted by atomic mass is 9.73. The van der Waals surface area contributed by atoms with Crippen LogP contribution < -0.4 is 20.7 Å². The second-order valence-electron chi connectivity index (χ2n) is 20.3. The molecule has 0 saturated heterocycles. The number of aromatic nitrogens is 1. The van der Waals surface area contributed by atoms with E-state index in [-0.39, 0.29) is 10.8 Å². The molecule has 0 unspecified atom stereocenters. The molecule has 2 heteroatoms. The van der Waals surface area contributed by atoms with E-state index in [0.29, 0.717) is 0 Å². The normalized spacial score (nSPS) is 14.0. The summed E-state index contributed by atoms with van der Waals surface area (Å²) >= 11 is 0. The van der Waals surface area contributed by atoms with Crippen LogP contribution in [0.3, 0.4) is 0 Å². The van der Waals surface area contributed by atoms with E-state index >= 15 is 0 Å². The zero-order valence-corrected chi connectivity index (χ0v) is 42.8. The molecule has 0 spiro atoms. The van der Waals surface area contributed by atoms with Crippen molar-refractivity contribution < 1.29 is 0 Å². The molecule has 13 rings (SSSR count). The number of nitrogens with zero attached hydrogens (tertiary/aromatic N) is 1. The van der Waals surface area contributed by atoms with Gasteiger partial charge in [-0.2, -0.15) is 0 Å². The maximum atomic E-state index is 2.59. The molecule has 11 aromatic rings. The van der Waals surface area contributed by atoms with Crippen molar-refractivity contribution in [2.75, 3.05) is 0 Å². The second kappa shape index (κ2) is 17.2. The van der Waals surface area contributed by atoms with Crippen molar-refractivity contribution in [3.8, 4) is 50.2 Å². The highest BCUT2D eigenvalue weighted by Crippen LogP contribution is 2.56. The zero-order chi connectivity index (χ0) is 48.6. The van der Waals surface area contributed by atoms with E-state index in [4.69, 9.17) is 0 Å². The van der Waals surface area contributed by atoms with Crippen LogP contribution in [-0.4, -0.2) is 12.6 Å². The van der Waals surface area contributed by atoms with Crippen LogP contribution in [0.4, 0.5) is 0 Å². The Morgan fingerprint density at radius 3 is 1.28 bits per heavy atom. The molecule has 0 radical (unpaired) electrons. The van der Waals surface area contributed by atoms with E-state index in [2.05, 4.69) is 269 Å². The third-order valence-corrected chi connectivity index (χ3v) is 22.4. The minimum absolute atomic E-state index is 0.0399. The summed E-state index contributed by atoms with van der Waals surface area (Å²) in [7, 11) is -2.75. The summed E-state index contributed by atoms with van der Waals surface area (Å²) in [5, 5.41) is 8.01. The van der Waals surface area contributed by atoms with Crippen LogP contribution in [-0.2, 0) is 10.8 Å². The molecule has 10 aromatic carbocycles. The van der Waals surface area contributed by atoms with E-state index in [0.717, 1.165) is 31.4 Å². The van der Waals surface area contributed by atoms with Crippen LogP contribution in [0.5, 0.6) is 0 Å². The third-order valence-electron chi connectivity index (χ3n) is 17.6. The molecule has 0 amide bonds. The van der Waals surface area contributed by atoms with Gasteiger partial charge in [-0.25, -0.2) is 0 Å². The van der Waals surface area contributed by atoms with Crippen LogP contribution in [0.25, 0.3) is 72.0 Å². The quantitative estimate of drug-likeness (QED) is 0.0899. The van der Waals surface area contributed by atoms with Crippen LogP contribution in [0.15, 0.2) is 237 Å². The number of hydrogen-bond acceptors (Lipinski definition) is 0. The predicted octanol–water partition coefficient (Wildman–Crippen LogP) is 15.7. The molecule has 0 N–H and O–H groups in total. The minimum Gasteiger partial charge on any atom is -0.309 e. The van der Waals surface area contributed by atoms with Gasteiger partial charge in [0.1, 0.15) is 0 Å². The lowest BCUT2D eigenvalue weighted by Gasteiger charge is -2.34.